The lowest BCUT2D eigenvalue weighted by Crippen LogP contribution is -2.10. The number of nitrogens with two attached hydrogens (primary N) is 1. The van der Waals surface area contributed by atoms with Crippen LogP contribution in [0.2, 0.25) is 5.02 Å². The lowest BCUT2D eigenvalue weighted by atomic mass is 9.99. The van der Waals surface area contributed by atoms with Crippen molar-refractivity contribution >= 4 is 11.6 Å². The van der Waals surface area contributed by atoms with E-state index in [0.717, 1.165) is 22.9 Å². The van der Waals surface area contributed by atoms with Crippen LogP contribution in [0.1, 0.15) is 44.7 Å². The summed E-state index contributed by atoms with van der Waals surface area (Å²) in [6.45, 7) is 4.47. The molecule has 0 amide bonds. The Hall–Kier alpha value is -0.530. The topological polar surface area (TPSA) is 26.0 Å². The van der Waals surface area contributed by atoms with Gasteiger partial charge in [-0.3, -0.25) is 0 Å². The molecule has 15 heavy (non-hydrogen) atoms. The zero-order valence-electron chi connectivity index (χ0n) is 9.54. The van der Waals surface area contributed by atoms with Crippen molar-refractivity contribution in [1.82, 2.24) is 0 Å². The summed E-state index contributed by atoms with van der Waals surface area (Å²) in [6, 6.07) is 7.93. The van der Waals surface area contributed by atoms with Crippen molar-refractivity contribution in [3.63, 3.8) is 0 Å². The van der Waals surface area contributed by atoms with Gasteiger partial charge in [-0.1, -0.05) is 56.5 Å². The highest BCUT2D eigenvalue weighted by Crippen LogP contribution is 2.24. The van der Waals surface area contributed by atoms with Gasteiger partial charge in [0.1, 0.15) is 0 Å². The molecule has 0 radical (unpaired) electrons. The summed E-state index contributed by atoms with van der Waals surface area (Å²) in [5.74, 6) is 0.753. The molecule has 1 aromatic rings. The van der Waals surface area contributed by atoms with E-state index in [9.17, 15) is 0 Å². The second-order valence-corrected chi connectivity index (χ2v) is 4.86. The maximum atomic E-state index is 6.10. The maximum Gasteiger partial charge on any atom is 0.0453 e. The minimum Gasteiger partial charge on any atom is -0.324 e. The van der Waals surface area contributed by atoms with Crippen molar-refractivity contribution in [2.45, 2.75) is 39.2 Å². The van der Waals surface area contributed by atoms with Crippen molar-refractivity contribution < 1.29 is 0 Å². The van der Waals surface area contributed by atoms with E-state index in [4.69, 9.17) is 17.3 Å². The number of hydrogen-bond donors (Lipinski definition) is 1. The van der Waals surface area contributed by atoms with E-state index in [1.54, 1.807) is 0 Å². The van der Waals surface area contributed by atoms with E-state index in [1.165, 1.54) is 12.8 Å². The number of halogens is 1. The van der Waals surface area contributed by atoms with Crippen LogP contribution in [-0.4, -0.2) is 0 Å². The normalized spacial score (nSPS) is 13.1. The first-order valence-electron chi connectivity index (χ1n) is 5.61. The first-order chi connectivity index (χ1) is 7.11. The fourth-order valence-electron chi connectivity index (χ4n) is 1.68. The van der Waals surface area contributed by atoms with Crippen LogP contribution in [0.4, 0.5) is 0 Å². The summed E-state index contributed by atoms with van der Waals surface area (Å²) < 4.78 is 0. The van der Waals surface area contributed by atoms with Crippen LogP contribution >= 0.6 is 11.6 Å². The Kier molecular flexibility index (Phi) is 5.13. The Morgan fingerprint density at radius 3 is 2.47 bits per heavy atom. The Morgan fingerprint density at radius 1 is 1.20 bits per heavy atom. The number of benzene rings is 1. The van der Waals surface area contributed by atoms with Gasteiger partial charge in [-0.25, -0.2) is 0 Å². The third-order valence-electron chi connectivity index (χ3n) is 2.60. The molecule has 0 aromatic heterocycles. The van der Waals surface area contributed by atoms with Gasteiger partial charge in [-0.15, -0.1) is 0 Å². The fourth-order valence-corrected chi connectivity index (χ4v) is 1.95. The minimum absolute atomic E-state index is 0.0810. The van der Waals surface area contributed by atoms with Gasteiger partial charge in [0.2, 0.25) is 0 Å². The van der Waals surface area contributed by atoms with Gasteiger partial charge in [-0.2, -0.15) is 0 Å². The van der Waals surface area contributed by atoms with Crippen molar-refractivity contribution in [3.05, 3.63) is 34.9 Å². The molecule has 0 heterocycles. The summed E-state index contributed by atoms with van der Waals surface area (Å²) in [7, 11) is 0. The molecule has 84 valence electrons. The third-order valence-corrected chi connectivity index (χ3v) is 2.95. The molecule has 0 bridgehead atoms. The second kappa shape index (κ2) is 6.14. The van der Waals surface area contributed by atoms with Gasteiger partial charge in [0.05, 0.1) is 0 Å². The molecule has 0 spiro atoms. The van der Waals surface area contributed by atoms with Gasteiger partial charge in [-0.05, 0) is 24.0 Å². The molecular weight excluding hydrogens is 206 g/mol. The Bertz CT molecular complexity index is 296. The largest absolute Gasteiger partial charge is 0.324 e. The first kappa shape index (κ1) is 12.5. The van der Waals surface area contributed by atoms with E-state index in [1.807, 2.05) is 24.3 Å². The van der Waals surface area contributed by atoms with E-state index in [0.29, 0.717) is 0 Å². The van der Waals surface area contributed by atoms with Gasteiger partial charge >= 0.3 is 0 Å². The monoisotopic (exact) mass is 225 g/mol. The fraction of sp³-hybridized carbons (Fsp3) is 0.538. The molecule has 0 aliphatic rings. The molecule has 0 aliphatic heterocycles. The third kappa shape index (κ3) is 4.23. The van der Waals surface area contributed by atoms with Crippen LogP contribution in [0.25, 0.3) is 0 Å². The van der Waals surface area contributed by atoms with E-state index in [-0.39, 0.29) is 6.04 Å². The predicted octanol–water partition coefficient (Wildman–Crippen LogP) is 4.17. The Labute approximate surface area is 97.6 Å². The van der Waals surface area contributed by atoms with Crippen molar-refractivity contribution in [1.29, 1.82) is 0 Å². The van der Waals surface area contributed by atoms with Crippen LogP contribution in [0.3, 0.4) is 0 Å². The number of hydrogen-bond acceptors (Lipinski definition) is 1. The molecule has 1 unspecified atom stereocenters. The summed E-state index contributed by atoms with van der Waals surface area (Å²) >= 11 is 6.08. The van der Waals surface area contributed by atoms with Crippen LogP contribution in [0.15, 0.2) is 24.3 Å². The summed E-state index contributed by atoms with van der Waals surface area (Å²) in [5, 5.41) is 0.787. The van der Waals surface area contributed by atoms with E-state index >= 15 is 0 Å². The molecule has 1 rings (SSSR count). The average molecular weight is 226 g/mol. The summed E-state index contributed by atoms with van der Waals surface area (Å²) in [5.41, 5.74) is 7.17. The molecular formula is C13H20ClN. The zero-order valence-corrected chi connectivity index (χ0v) is 10.3. The summed E-state index contributed by atoms with van der Waals surface area (Å²) in [4.78, 5) is 0. The van der Waals surface area contributed by atoms with E-state index in [2.05, 4.69) is 13.8 Å². The highest BCUT2D eigenvalue weighted by Gasteiger charge is 2.09. The SMILES string of the molecule is CC(C)CCCC(N)c1ccccc1Cl. The predicted molar refractivity (Wildman–Crippen MR) is 67.1 cm³/mol. The highest BCUT2D eigenvalue weighted by atomic mass is 35.5. The van der Waals surface area contributed by atoms with Crippen molar-refractivity contribution in [2.75, 3.05) is 0 Å². The Balaban J connectivity index is 2.47. The molecule has 0 saturated heterocycles. The first-order valence-corrected chi connectivity index (χ1v) is 5.99. The second-order valence-electron chi connectivity index (χ2n) is 4.45. The van der Waals surface area contributed by atoms with E-state index < -0.39 is 0 Å². The average Bonchev–Trinajstić information content (AvgIpc) is 2.17. The quantitative estimate of drug-likeness (QED) is 0.800. The number of rotatable bonds is 5. The van der Waals surface area contributed by atoms with Crippen LogP contribution in [-0.2, 0) is 0 Å². The molecule has 1 aromatic carbocycles. The lowest BCUT2D eigenvalue weighted by Gasteiger charge is -2.14. The highest BCUT2D eigenvalue weighted by molar-refractivity contribution is 6.31. The molecule has 1 nitrogen and oxygen atoms in total. The lowest BCUT2D eigenvalue weighted by molar-refractivity contribution is 0.505. The van der Waals surface area contributed by atoms with Crippen LogP contribution in [0, 0.1) is 5.92 Å². The van der Waals surface area contributed by atoms with Crippen molar-refractivity contribution in [3.8, 4) is 0 Å². The minimum atomic E-state index is 0.0810. The van der Waals surface area contributed by atoms with Gasteiger partial charge < -0.3 is 5.73 Å². The zero-order chi connectivity index (χ0) is 11.3. The molecule has 1 atom stereocenters. The van der Waals surface area contributed by atoms with Gasteiger partial charge in [0, 0.05) is 11.1 Å². The molecule has 2 N–H and O–H groups in total. The smallest absolute Gasteiger partial charge is 0.0453 e. The van der Waals surface area contributed by atoms with Crippen LogP contribution < -0.4 is 5.73 Å². The molecule has 0 fully saturated rings. The van der Waals surface area contributed by atoms with Gasteiger partial charge in [0.15, 0.2) is 0 Å². The van der Waals surface area contributed by atoms with Crippen molar-refractivity contribution in [2.24, 2.45) is 11.7 Å². The molecule has 0 aliphatic carbocycles. The maximum absolute atomic E-state index is 6.10. The standard InChI is InChI=1S/C13H20ClN/c1-10(2)6-5-9-13(15)11-7-3-4-8-12(11)14/h3-4,7-8,10,13H,5-6,9,15H2,1-2H3. The summed E-state index contributed by atoms with van der Waals surface area (Å²) in [6.07, 6.45) is 3.42. The van der Waals surface area contributed by atoms with Crippen LogP contribution in [0.5, 0.6) is 0 Å². The Morgan fingerprint density at radius 2 is 1.87 bits per heavy atom. The molecule has 0 saturated carbocycles. The van der Waals surface area contributed by atoms with Gasteiger partial charge in [0.25, 0.3) is 0 Å². The molecule has 2 heteroatoms.